The van der Waals surface area contributed by atoms with Gasteiger partial charge < -0.3 is 5.32 Å². The Hall–Kier alpha value is -0.960. The van der Waals surface area contributed by atoms with Crippen molar-refractivity contribution < 1.29 is 4.72 Å². The van der Waals surface area contributed by atoms with Crippen LogP contribution in [-0.2, 0) is 6.54 Å². The molecule has 0 saturated carbocycles. The number of hydrogen-bond acceptors (Lipinski definition) is 2. The SMILES string of the molecule is C.CC(C)NCc1ccccn1.[3H]F. The van der Waals surface area contributed by atoms with Crippen LogP contribution in [0.15, 0.2) is 24.4 Å². The number of pyridine rings is 1. The van der Waals surface area contributed by atoms with Crippen LogP contribution in [0.4, 0.5) is 4.72 Å². The zero-order valence-electron chi connectivity index (χ0n) is 8.42. The number of rotatable bonds is 3. The zero-order chi connectivity index (χ0) is 10.1. The largest absolute Gasteiger partial charge is 0.309 e. The van der Waals surface area contributed by atoms with Crippen molar-refractivity contribution in [2.45, 2.75) is 33.9 Å². The summed E-state index contributed by atoms with van der Waals surface area (Å²) >= 11 is 0. The Morgan fingerprint density at radius 1 is 1.54 bits per heavy atom. The van der Waals surface area contributed by atoms with Crippen molar-refractivity contribution in [1.29, 1.82) is 1.45 Å². The molecule has 0 spiro atoms. The molecule has 0 aromatic carbocycles. The average molecular weight is 188 g/mol. The minimum absolute atomic E-state index is 0. The smallest absolute Gasteiger partial charge is 0.269 e. The van der Waals surface area contributed by atoms with Crippen LogP contribution in [0.1, 0.15) is 27.0 Å². The van der Waals surface area contributed by atoms with Crippen LogP contribution in [0.5, 0.6) is 0 Å². The number of nitrogens with zero attached hydrogens (tertiary/aromatic N) is 1. The fourth-order valence-corrected chi connectivity index (χ4v) is 0.811. The predicted molar refractivity (Wildman–Crippen MR) is 55.4 cm³/mol. The van der Waals surface area contributed by atoms with Crippen LogP contribution in [0.2, 0.25) is 0 Å². The number of hydrogen-bond donors (Lipinski definition) is 1. The monoisotopic (exact) mass is 188 g/mol. The van der Waals surface area contributed by atoms with Gasteiger partial charge >= 0.3 is 0 Å². The molecule has 1 aromatic rings. The maximum Gasteiger partial charge on any atom is 0.269 e. The van der Waals surface area contributed by atoms with Crippen LogP contribution >= 0.6 is 0 Å². The molecule has 1 heterocycles. The van der Waals surface area contributed by atoms with Crippen LogP contribution in [0.3, 0.4) is 0 Å². The van der Waals surface area contributed by atoms with Gasteiger partial charge in [0.05, 0.1) is 5.69 Å². The van der Waals surface area contributed by atoms with Crippen LogP contribution in [-0.4, -0.2) is 12.5 Å². The van der Waals surface area contributed by atoms with Gasteiger partial charge in [-0.05, 0) is 12.1 Å². The zero-order valence-corrected chi connectivity index (χ0v) is 7.42. The first kappa shape index (κ1) is 12.0. The second-order valence-corrected chi connectivity index (χ2v) is 2.86. The van der Waals surface area contributed by atoms with Gasteiger partial charge in [0.15, 0.2) is 0 Å². The lowest BCUT2D eigenvalue weighted by molar-refractivity contribution is 0.581. The van der Waals surface area contributed by atoms with E-state index >= 15 is 0 Å². The third-order valence-corrected chi connectivity index (χ3v) is 1.42. The summed E-state index contributed by atoms with van der Waals surface area (Å²) in [6.45, 7) is 5.12. The van der Waals surface area contributed by atoms with E-state index in [9.17, 15) is 0 Å². The lowest BCUT2D eigenvalue weighted by Gasteiger charge is -2.06. The van der Waals surface area contributed by atoms with Crippen LogP contribution in [0.25, 0.3) is 0 Å². The summed E-state index contributed by atoms with van der Waals surface area (Å²) < 4.78 is 13.0. The molecule has 13 heavy (non-hydrogen) atoms. The fourth-order valence-electron chi connectivity index (χ4n) is 0.811. The molecule has 1 aromatic heterocycles. The van der Waals surface area contributed by atoms with Gasteiger partial charge in [0, 0.05) is 18.8 Å². The van der Waals surface area contributed by atoms with Crippen LogP contribution < -0.4 is 5.32 Å². The molecular weight excluding hydrogens is 167 g/mol. The van der Waals surface area contributed by atoms with E-state index < -0.39 is 0 Å². The van der Waals surface area contributed by atoms with E-state index in [2.05, 4.69) is 25.6 Å². The van der Waals surface area contributed by atoms with E-state index in [0.29, 0.717) is 6.04 Å². The quantitative estimate of drug-likeness (QED) is 0.787. The van der Waals surface area contributed by atoms with E-state index in [1.807, 2.05) is 24.4 Å². The standard InChI is InChI=1S/C9H14N2.CH4.FH/c1-8(2)11-7-9-5-3-4-6-10-9;;/h3-6,8,11H,7H2,1-2H3;1H4;1H/i/hT. The molecular formula is C10H19FN2. The highest BCUT2D eigenvalue weighted by Gasteiger charge is 1.93. The molecule has 0 unspecified atom stereocenters. The molecule has 0 saturated heterocycles. The van der Waals surface area contributed by atoms with Gasteiger partial charge in [-0.2, -0.15) is 0 Å². The Morgan fingerprint density at radius 3 is 2.69 bits per heavy atom. The van der Waals surface area contributed by atoms with Gasteiger partial charge in [-0.25, -0.2) is 0 Å². The highest BCUT2D eigenvalue weighted by atomic mass is 19.0. The minimum atomic E-state index is 0. The van der Waals surface area contributed by atoms with E-state index in [-0.39, 0.29) is 7.43 Å². The normalized spacial score (nSPS) is 9.38. The molecule has 0 fully saturated rings. The summed E-state index contributed by atoms with van der Waals surface area (Å²) in [5.41, 5.74) is 1.10. The maximum absolute atomic E-state index is 8.75. The van der Waals surface area contributed by atoms with Crippen molar-refractivity contribution in [3.63, 3.8) is 0 Å². The third-order valence-electron chi connectivity index (χ3n) is 1.42. The highest BCUT2D eigenvalue weighted by molar-refractivity contribution is 5.02. The molecule has 3 heteroatoms. The number of nitrogens with one attached hydrogen (secondary N) is 1. The second-order valence-electron chi connectivity index (χ2n) is 2.86. The molecule has 0 atom stereocenters. The lowest BCUT2D eigenvalue weighted by atomic mass is 10.3. The van der Waals surface area contributed by atoms with Gasteiger partial charge in [-0.1, -0.05) is 27.3 Å². The molecule has 0 radical (unpaired) electrons. The van der Waals surface area contributed by atoms with Gasteiger partial charge in [-0.15, -0.1) is 0 Å². The Labute approximate surface area is 81.3 Å². The summed E-state index contributed by atoms with van der Waals surface area (Å²) in [7, 11) is 0. The molecule has 2 nitrogen and oxygen atoms in total. The number of halogens is 1. The molecule has 0 aliphatic heterocycles. The summed E-state index contributed by atoms with van der Waals surface area (Å²) in [4.78, 5) is 4.19. The van der Waals surface area contributed by atoms with E-state index in [4.69, 9.17) is 4.72 Å². The molecule has 1 rings (SSSR count). The topological polar surface area (TPSA) is 24.9 Å². The molecule has 1 N–H and O–H groups in total. The lowest BCUT2D eigenvalue weighted by Crippen LogP contribution is -2.22. The number of aromatic nitrogens is 1. The van der Waals surface area contributed by atoms with E-state index in [0.717, 1.165) is 12.2 Å². The fraction of sp³-hybridized carbons (Fsp3) is 0.500. The first-order chi connectivity index (χ1) is 6.29. The molecule has 0 bridgehead atoms. The summed E-state index contributed by atoms with van der Waals surface area (Å²) in [6, 6.07) is 6.48. The van der Waals surface area contributed by atoms with Gasteiger partial charge in [-0.3, -0.25) is 9.70 Å². The highest BCUT2D eigenvalue weighted by Crippen LogP contribution is 1.92. The van der Waals surface area contributed by atoms with Gasteiger partial charge in [0.1, 0.15) is 0 Å². The van der Waals surface area contributed by atoms with Crippen molar-refractivity contribution >= 4 is 0 Å². The Balaban J connectivity index is 0. The molecule has 0 aliphatic rings. The summed E-state index contributed by atoms with van der Waals surface area (Å²) in [5.74, 6) is 0. The molecule has 0 aliphatic carbocycles. The Kier molecular flexibility index (Phi) is 7.11. The second kappa shape index (κ2) is 7.68. The molecule has 0 amide bonds. The Bertz CT molecular complexity index is 205. The molecule has 76 valence electrons. The summed E-state index contributed by atoms with van der Waals surface area (Å²) in [5, 5.41) is 3.30. The van der Waals surface area contributed by atoms with Crippen molar-refractivity contribution in [2.75, 3.05) is 0 Å². The van der Waals surface area contributed by atoms with Crippen molar-refractivity contribution in [2.24, 2.45) is 0 Å². The average Bonchev–Trinajstić information content (AvgIpc) is 2.19. The van der Waals surface area contributed by atoms with E-state index in [1.165, 1.54) is 0 Å². The predicted octanol–water partition coefficient (Wildman–Crippen LogP) is 2.37. The van der Waals surface area contributed by atoms with Gasteiger partial charge in [0.25, 0.3) is 1.45 Å². The Morgan fingerprint density at radius 2 is 2.23 bits per heavy atom. The van der Waals surface area contributed by atoms with Crippen molar-refractivity contribution in [3.8, 4) is 0 Å². The summed E-state index contributed by atoms with van der Waals surface area (Å²) in [6.07, 6.45) is 1.82. The van der Waals surface area contributed by atoms with Crippen molar-refractivity contribution in [3.05, 3.63) is 30.1 Å². The minimum Gasteiger partial charge on any atom is -0.309 e. The van der Waals surface area contributed by atoms with E-state index in [1.54, 1.807) is 0 Å². The van der Waals surface area contributed by atoms with Crippen LogP contribution in [0, 0.1) is 0 Å². The maximum atomic E-state index is 8.75. The first-order valence-corrected chi connectivity index (χ1v) is 3.92. The van der Waals surface area contributed by atoms with Gasteiger partial charge in [0.2, 0.25) is 0 Å². The van der Waals surface area contributed by atoms with Crippen molar-refractivity contribution in [1.82, 2.24) is 10.3 Å². The first-order valence-electron chi connectivity index (χ1n) is 4.30. The third kappa shape index (κ3) is 6.22.